The molecule has 1 aliphatic heterocycles. The Morgan fingerprint density at radius 3 is 2.48 bits per heavy atom. The van der Waals surface area contributed by atoms with Gasteiger partial charge in [-0.25, -0.2) is 9.48 Å². The smallest absolute Gasteiger partial charge is 0.416 e. The third-order valence-corrected chi connectivity index (χ3v) is 6.61. The number of aryl methyl sites for hydroxylation is 1. The van der Waals surface area contributed by atoms with E-state index in [1.165, 1.54) is 22.9 Å². The minimum absolute atomic E-state index is 0.0383. The second-order valence-corrected chi connectivity index (χ2v) is 9.49. The van der Waals surface area contributed by atoms with Crippen molar-refractivity contribution in [3.05, 3.63) is 100 Å². The van der Waals surface area contributed by atoms with Crippen molar-refractivity contribution in [1.29, 1.82) is 0 Å². The number of methoxy groups -OCH3 is 1. The van der Waals surface area contributed by atoms with Crippen molar-refractivity contribution in [2.24, 2.45) is 0 Å². The Kier molecular flexibility index (Phi) is 7.63. The van der Waals surface area contributed by atoms with Crippen LogP contribution in [-0.2, 0) is 36.9 Å². The van der Waals surface area contributed by atoms with E-state index in [4.69, 9.17) is 14.2 Å². The molecule has 2 heterocycles. The third kappa shape index (κ3) is 6.36. The van der Waals surface area contributed by atoms with Gasteiger partial charge < -0.3 is 19.3 Å². The van der Waals surface area contributed by atoms with E-state index in [0.29, 0.717) is 41.8 Å². The molecule has 1 atom stereocenters. The molecule has 1 aliphatic rings. The molecular weight excluding hydrogens is 527 g/mol. The quantitative estimate of drug-likeness (QED) is 0.279. The molecule has 0 fully saturated rings. The first-order chi connectivity index (χ1) is 19.2. The molecule has 0 bridgehead atoms. The Bertz CT molecular complexity index is 1480. The number of esters is 1. The average Bonchev–Trinajstić information content (AvgIpc) is 3.37. The van der Waals surface area contributed by atoms with Gasteiger partial charge >= 0.3 is 12.1 Å². The number of carbonyl (C=O) groups excluding carboxylic acids is 1. The van der Waals surface area contributed by atoms with Crippen LogP contribution in [0.5, 0.6) is 17.2 Å². The number of phenols is 1. The van der Waals surface area contributed by atoms with Gasteiger partial charge in [-0.05, 0) is 59.9 Å². The summed E-state index contributed by atoms with van der Waals surface area (Å²) in [5.74, 6) is 0.330. The highest BCUT2D eigenvalue weighted by atomic mass is 19.4. The Balaban J connectivity index is 1.19. The third-order valence-electron chi connectivity index (χ3n) is 6.61. The number of nitrogens with zero attached hydrogens (tertiary/aromatic N) is 3. The van der Waals surface area contributed by atoms with Gasteiger partial charge in [-0.3, -0.25) is 0 Å². The van der Waals surface area contributed by atoms with Gasteiger partial charge in [0.15, 0.2) is 0 Å². The van der Waals surface area contributed by atoms with Gasteiger partial charge in [0.25, 0.3) is 0 Å². The van der Waals surface area contributed by atoms with E-state index in [2.05, 4.69) is 10.3 Å². The largest absolute Gasteiger partial charge is 0.507 e. The molecule has 3 aromatic carbocycles. The summed E-state index contributed by atoms with van der Waals surface area (Å²) in [4.78, 5) is 12.6. The summed E-state index contributed by atoms with van der Waals surface area (Å²) in [7, 11) is 1.61. The van der Waals surface area contributed by atoms with Crippen molar-refractivity contribution in [2.45, 2.75) is 44.7 Å². The zero-order valence-corrected chi connectivity index (χ0v) is 21.5. The van der Waals surface area contributed by atoms with Crippen molar-refractivity contribution in [2.75, 3.05) is 7.11 Å². The minimum Gasteiger partial charge on any atom is -0.507 e. The molecule has 0 radical (unpaired) electrons. The van der Waals surface area contributed by atoms with Crippen molar-refractivity contribution in [3.63, 3.8) is 0 Å². The number of rotatable bonds is 9. The molecule has 11 heteroatoms. The van der Waals surface area contributed by atoms with E-state index in [1.54, 1.807) is 19.4 Å². The fourth-order valence-electron chi connectivity index (χ4n) is 4.54. The van der Waals surface area contributed by atoms with Gasteiger partial charge in [0, 0.05) is 12.5 Å². The van der Waals surface area contributed by atoms with Gasteiger partial charge in [-0.2, -0.15) is 13.2 Å². The number of fused-ring (bicyclic) bond motifs is 1. The Labute approximate surface area is 227 Å². The van der Waals surface area contributed by atoms with Crippen LogP contribution in [0.4, 0.5) is 13.2 Å². The lowest BCUT2D eigenvalue weighted by molar-refractivity contribution is -0.137. The molecule has 5 rings (SSSR count). The van der Waals surface area contributed by atoms with E-state index in [1.807, 2.05) is 24.3 Å². The van der Waals surface area contributed by atoms with E-state index in [0.717, 1.165) is 23.4 Å². The van der Waals surface area contributed by atoms with Gasteiger partial charge in [0.1, 0.15) is 41.2 Å². The number of aromatic nitrogens is 3. The number of hydrogen-bond acceptors (Lipinski definition) is 7. The highest BCUT2D eigenvalue weighted by Gasteiger charge is 2.31. The number of alkyl halides is 3. The zero-order valence-electron chi connectivity index (χ0n) is 21.5. The standard InChI is InChI=1S/C29H26F3N3O5/c1-38-23-9-4-18(5-10-23)6-11-24-12-20-13-25(14-26(36)27(20)28(37)40-24)39-17-22-16-35(34-33-22)15-19-2-7-21(8-3-19)29(30,31)32/h2-5,7-10,13-14,16,24,36H,6,11-12,15,17H2,1H3. The summed E-state index contributed by atoms with van der Waals surface area (Å²) >= 11 is 0. The summed E-state index contributed by atoms with van der Waals surface area (Å²) in [6.45, 7) is 0.279. The Morgan fingerprint density at radius 2 is 1.77 bits per heavy atom. The highest BCUT2D eigenvalue weighted by Crippen LogP contribution is 2.34. The van der Waals surface area contributed by atoms with Crippen molar-refractivity contribution in [1.82, 2.24) is 15.0 Å². The van der Waals surface area contributed by atoms with Crippen molar-refractivity contribution >= 4 is 5.97 Å². The maximum atomic E-state index is 12.8. The fourth-order valence-corrected chi connectivity index (χ4v) is 4.54. The molecule has 208 valence electrons. The highest BCUT2D eigenvalue weighted by molar-refractivity contribution is 5.95. The van der Waals surface area contributed by atoms with Crippen molar-refractivity contribution < 1.29 is 37.3 Å². The molecule has 0 saturated carbocycles. The second kappa shape index (κ2) is 11.3. The van der Waals surface area contributed by atoms with Crippen LogP contribution in [0.2, 0.25) is 0 Å². The summed E-state index contributed by atoms with van der Waals surface area (Å²) in [6.07, 6.45) is -1.34. The zero-order chi connectivity index (χ0) is 28.3. The van der Waals surface area contributed by atoms with Crippen LogP contribution >= 0.6 is 0 Å². The first kappa shape index (κ1) is 27.0. The van der Waals surface area contributed by atoms with Gasteiger partial charge in [-0.1, -0.05) is 29.5 Å². The Hall–Kier alpha value is -4.54. The second-order valence-electron chi connectivity index (χ2n) is 9.49. The van der Waals surface area contributed by atoms with Crippen LogP contribution in [0.15, 0.2) is 66.9 Å². The number of phenolic OH excluding ortho intramolecular Hbond substituents is 1. The number of aromatic hydroxyl groups is 1. The molecular formula is C29H26F3N3O5. The molecule has 1 aromatic heterocycles. The summed E-state index contributed by atoms with van der Waals surface area (Å²) in [6, 6.07) is 15.6. The first-order valence-corrected chi connectivity index (χ1v) is 12.6. The molecule has 8 nitrogen and oxygen atoms in total. The minimum atomic E-state index is -4.39. The summed E-state index contributed by atoms with van der Waals surface area (Å²) in [5.41, 5.74) is 2.27. The van der Waals surface area contributed by atoms with Gasteiger partial charge in [0.05, 0.1) is 25.4 Å². The fraction of sp³-hybridized carbons (Fsp3) is 0.276. The van der Waals surface area contributed by atoms with Crippen LogP contribution in [0.25, 0.3) is 0 Å². The molecule has 0 saturated heterocycles. The van der Waals surface area contributed by atoms with Gasteiger partial charge in [-0.15, -0.1) is 5.10 Å². The van der Waals surface area contributed by atoms with E-state index >= 15 is 0 Å². The topological polar surface area (TPSA) is 95.7 Å². The lowest BCUT2D eigenvalue weighted by Gasteiger charge is -2.25. The molecule has 4 aromatic rings. The van der Waals surface area contributed by atoms with Crippen molar-refractivity contribution in [3.8, 4) is 17.2 Å². The van der Waals surface area contributed by atoms with Crippen LogP contribution in [0, 0.1) is 0 Å². The number of cyclic esters (lactones) is 1. The maximum absolute atomic E-state index is 12.8. The molecule has 1 N–H and O–H groups in total. The number of benzene rings is 3. The lowest BCUT2D eigenvalue weighted by Crippen LogP contribution is -2.28. The van der Waals surface area contributed by atoms with Crippen LogP contribution in [0.1, 0.15) is 44.7 Å². The number of halogens is 3. The molecule has 0 amide bonds. The number of ether oxygens (including phenoxy) is 3. The summed E-state index contributed by atoms with van der Waals surface area (Å²) < 4.78 is 56.4. The van der Waals surface area contributed by atoms with Crippen LogP contribution in [-0.4, -0.2) is 39.3 Å². The normalized spacial score (nSPS) is 14.9. The van der Waals surface area contributed by atoms with Gasteiger partial charge in [0.2, 0.25) is 0 Å². The Morgan fingerprint density at radius 1 is 1.05 bits per heavy atom. The first-order valence-electron chi connectivity index (χ1n) is 12.6. The van der Waals surface area contributed by atoms with E-state index < -0.39 is 17.7 Å². The predicted molar refractivity (Wildman–Crippen MR) is 137 cm³/mol. The molecule has 0 spiro atoms. The number of carbonyl (C=O) groups is 1. The van der Waals surface area contributed by atoms with E-state index in [-0.39, 0.29) is 30.6 Å². The van der Waals surface area contributed by atoms with Crippen LogP contribution < -0.4 is 9.47 Å². The predicted octanol–water partition coefficient (Wildman–Crippen LogP) is 5.35. The summed E-state index contributed by atoms with van der Waals surface area (Å²) in [5, 5.41) is 18.5. The molecule has 0 aliphatic carbocycles. The molecule has 40 heavy (non-hydrogen) atoms. The monoisotopic (exact) mass is 553 g/mol. The molecule has 1 unspecified atom stereocenters. The average molecular weight is 554 g/mol. The number of hydrogen-bond donors (Lipinski definition) is 1. The van der Waals surface area contributed by atoms with Crippen LogP contribution in [0.3, 0.4) is 0 Å². The van der Waals surface area contributed by atoms with E-state index in [9.17, 15) is 23.1 Å². The maximum Gasteiger partial charge on any atom is 0.416 e. The lowest BCUT2D eigenvalue weighted by atomic mass is 9.94. The SMILES string of the molecule is COc1ccc(CCC2Cc3cc(OCc4cn(Cc5ccc(C(F)(F)F)cc5)nn4)cc(O)c3C(=O)O2)cc1.